The molecule has 0 amide bonds. The van der Waals surface area contributed by atoms with Gasteiger partial charge in [0.15, 0.2) is 0 Å². The van der Waals surface area contributed by atoms with Crippen LogP contribution in [0.5, 0.6) is 11.5 Å². The second-order valence-corrected chi connectivity index (χ2v) is 6.35. The molecule has 4 nitrogen and oxygen atoms in total. The number of piperazine rings is 1. The van der Waals surface area contributed by atoms with Crippen LogP contribution in [-0.2, 0) is 13.0 Å². The minimum atomic E-state index is 0.670. The van der Waals surface area contributed by atoms with E-state index in [0.29, 0.717) is 13.2 Å². The van der Waals surface area contributed by atoms with E-state index in [9.17, 15) is 0 Å². The Bertz CT molecular complexity index is 637. The molecule has 0 spiro atoms. The van der Waals surface area contributed by atoms with Gasteiger partial charge in [0.1, 0.15) is 11.5 Å². The zero-order valence-electron chi connectivity index (χ0n) is 15.0. The van der Waals surface area contributed by atoms with Gasteiger partial charge in [0, 0.05) is 45.2 Å². The molecule has 0 aliphatic carbocycles. The van der Waals surface area contributed by atoms with E-state index in [-0.39, 0.29) is 0 Å². The van der Waals surface area contributed by atoms with E-state index < -0.39 is 0 Å². The summed E-state index contributed by atoms with van der Waals surface area (Å²) in [6, 6.07) is 16.8. The number of hydrogen-bond donors (Lipinski definition) is 1. The van der Waals surface area contributed by atoms with Gasteiger partial charge in [-0.25, -0.2) is 0 Å². The van der Waals surface area contributed by atoms with Crippen LogP contribution in [-0.4, -0.2) is 44.3 Å². The molecule has 0 saturated carbocycles. The summed E-state index contributed by atoms with van der Waals surface area (Å²) in [4.78, 5) is 2.50. The Labute approximate surface area is 150 Å². The van der Waals surface area contributed by atoms with E-state index in [4.69, 9.17) is 9.47 Å². The van der Waals surface area contributed by atoms with Crippen molar-refractivity contribution < 1.29 is 9.47 Å². The molecule has 1 N–H and O–H groups in total. The van der Waals surface area contributed by atoms with E-state index in [2.05, 4.69) is 34.5 Å². The SMILES string of the molecule is CCOc1cccc(OCCc2ccc(CN3CCNCC3)cc2)c1. The van der Waals surface area contributed by atoms with Crippen LogP contribution in [0.2, 0.25) is 0 Å². The van der Waals surface area contributed by atoms with Crippen molar-refractivity contribution in [2.75, 3.05) is 39.4 Å². The number of hydrogen-bond acceptors (Lipinski definition) is 4. The third-order valence-corrected chi connectivity index (χ3v) is 4.41. The third kappa shape index (κ3) is 5.76. The number of nitrogens with zero attached hydrogens (tertiary/aromatic N) is 1. The van der Waals surface area contributed by atoms with Gasteiger partial charge in [-0.2, -0.15) is 0 Å². The molecule has 0 radical (unpaired) electrons. The predicted molar refractivity (Wildman–Crippen MR) is 101 cm³/mol. The van der Waals surface area contributed by atoms with Crippen molar-refractivity contribution in [1.82, 2.24) is 10.2 Å². The van der Waals surface area contributed by atoms with E-state index in [1.165, 1.54) is 11.1 Å². The van der Waals surface area contributed by atoms with Crippen LogP contribution in [0.15, 0.2) is 48.5 Å². The Morgan fingerprint density at radius 3 is 2.32 bits per heavy atom. The summed E-state index contributed by atoms with van der Waals surface area (Å²) in [5.41, 5.74) is 2.70. The molecule has 2 aromatic rings. The molecule has 1 heterocycles. The molecule has 1 aliphatic rings. The molecule has 25 heavy (non-hydrogen) atoms. The second-order valence-electron chi connectivity index (χ2n) is 6.35. The van der Waals surface area contributed by atoms with Gasteiger partial charge in [0.2, 0.25) is 0 Å². The van der Waals surface area contributed by atoms with Crippen LogP contribution in [0.25, 0.3) is 0 Å². The lowest BCUT2D eigenvalue weighted by Crippen LogP contribution is -2.42. The van der Waals surface area contributed by atoms with Crippen molar-refractivity contribution >= 4 is 0 Å². The molecule has 1 aliphatic heterocycles. The normalized spacial score (nSPS) is 15.1. The molecule has 0 bridgehead atoms. The maximum absolute atomic E-state index is 5.85. The average molecular weight is 340 g/mol. The summed E-state index contributed by atoms with van der Waals surface area (Å²) in [5, 5.41) is 3.39. The fraction of sp³-hybridized carbons (Fsp3) is 0.429. The maximum atomic E-state index is 5.85. The van der Waals surface area contributed by atoms with Crippen molar-refractivity contribution in [2.24, 2.45) is 0 Å². The Balaban J connectivity index is 1.44. The zero-order valence-corrected chi connectivity index (χ0v) is 15.0. The minimum Gasteiger partial charge on any atom is -0.494 e. The first-order valence-electron chi connectivity index (χ1n) is 9.20. The molecule has 0 aromatic heterocycles. The first-order valence-corrected chi connectivity index (χ1v) is 9.20. The van der Waals surface area contributed by atoms with Gasteiger partial charge in [-0.3, -0.25) is 4.90 Å². The van der Waals surface area contributed by atoms with E-state index >= 15 is 0 Å². The van der Waals surface area contributed by atoms with Gasteiger partial charge < -0.3 is 14.8 Å². The van der Waals surface area contributed by atoms with Crippen molar-refractivity contribution in [2.45, 2.75) is 19.9 Å². The van der Waals surface area contributed by atoms with Gasteiger partial charge in [-0.1, -0.05) is 30.3 Å². The first-order chi connectivity index (χ1) is 12.3. The van der Waals surface area contributed by atoms with E-state index in [0.717, 1.165) is 50.6 Å². The van der Waals surface area contributed by atoms with Crippen molar-refractivity contribution in [3.05, 3.63) is 59.7 Å². The van der Waals surface area contributed by atoms with Crippen LogP contribution in [0.1, 0.15) is 18.1 Å². The summed E-state index contributed by atoms with van der Waals surface area (Å²) in [5.74, 6) is 1.72. The lowest BCUT2D eigenvalue weighted by Gasteiger charge is -2.27. The van der Waals surface area contributed by atoms with Gasteiger partial charge >= 0.3 is 0 Å². The number of nitrogens with one attached hydrogen (secondary N) is 1. The topological polar surface area (TPSA) is 33.7 Å². The highest BCUT2D eigenvalue weighted by molar-refractivity contribution is 5.33. The number of rotatable bonds is 8. The zero-order chi connectivity index (χ0) is 17.3. The summed E-state index contributed by atoms with van der Waals surface area (Å²) in [6.07, 6.45) is 0.910. The molecule has 1 saturated heterocycles. The first kappa shape index (κ1) is 17.8. The van der Waals surface area contributed by atoms with Crippen LogP contribution < -0.4 is 14.8 Å². The minimum absolute atomic E-state index is 0.670. The van der Waals surface area contributed by atoms with Crippen LogP contribution in [0.3, 0.4) is 0 Å². The van der Waals surface area contributed by atoms with Crippen LogP contribution in [0.4, 0.5) is 0 Å². The number of benzene rings is 2. The molecule has 0 atom stereocenters. The van der Waals surface area contributed by atoms with Gasteiger partial charge in [-0.05, 0) is 30.2 Å². The maximum Gasteiger partial charge on any atom is 0.122 e. The van der Waals surface area contributed by atoms with E-state index in [1.54, 1.807) is 0 Å². The third-order valence-electron chi connectivity index (χ3n) is 4.41. The Morgan fingerprint density at radius 2 is 1.60 bits per heavy atom. The van der Waals surface area contributed by atoms with Gasteiger partial charge in [0.05, 0.1) is 13.2 Å². The molecule has 2 aromatic carbocycles. The van der Waals surface area contributed by atoms with Crippen LogP contribution >= 0.6 is 0 Å². The summed E-state index contributed by atoms with van der Waals surface area (Å²) >= 11 is 0. The van der Waals surface area contributed by atoms with Gasteiger partial charge in [0.25, 0.3) is 0 Å². The molecule has 0 unspecified atom stereocenters. The molecule has 134 valence electrons. The largest absolute Gasteiger partial charge is 0.494 e. The fourth-order valence-corrected chi connectivity index (χ4v) is 3.05. The molecular formula is C21H28N2O2. The quantitative estimate of drug-likeness (QED) is 0.801. The number of ether oxygens (including phenoxy) is 2. The highest BCUT2D eigenvalue weighted by Crippen LogP contribution is 2.19. The second kappa shape index (κ2) is 9.44. The monoisotopic (exact) mass is 340 g/mol. The summed E-state index contributed by atoms with van der Waals surface area (Å²) in [6.45, 7) is 8.84. The lowest BCUT2D eigenvalue weighted by molar-refractivity contribution is 0.233. The van der Waals surface area contributed by atoms with E-state index in [1.807, 2.05) is 31.2 Å². The van der Waals surface area contributed by atoms with Crippen molar-refractivity contribution in [3.8, 4) is 11.5 Å². The average Bonchev–Trinajstić information content (AvgIpc) is 2.65. The highest BCUT2D eigenvalue weighted by atomic mass is 16.5. The lowest BCUT2D eigenvalue weighted by atomic mass is 10.1. The molecule has 3 rings (SSSR count). The molecule has 4 heteroatoms. The summed E-state index contributed by atoms with van der Waals surface area (Å²) < 4.78 is 11.4. The standard InChI is InChI=1S/C21H28N2O2/c1-2-24-20-4-3-5-21(16-20)25-15-10-18-6-8-19(9-7-18)17-23-13-11-22-12-14-23/h3-9,16,22H,2,10-15,17H2,1H3. The molecular weight excluding hydrogens is 312 g/mol. The fourth-order valence-electron chi connectivity index (χ4n) is 3.05. The molecule has 1 fully saturated rings. The highest BCUT2D eigenvalue weighted by Gasteiger charge is 2.09. The smallest absolute Gasteiger partial charge is 0.122 e. The van der Waals surface area contributed by atoms with Gasteiger partial charge in [-0.15, -0.1) is 0 Å². The Morgan fingerprint density at radius 1 is 0.920 bits per heavy atom. The van der Waals surface area contributed by atoms with Crippen LogP contribution in [0, 0.1) is 0 Å². The Hall–Kier alpha value is -2.04. The van der Waals surface area contributed by atoms with Crippen molar-refractivity contribution in [1.29, 1.82) is 0 Å². The summed E-state index contributed by atoms with van der Waals surface area (Å²) in [7, 11) is 0. The Kier molecular flexibility index (Phi) is 6.71. The van der Waals surface area contributed by atoms with Crippen molar-refractivity contribution in [3.63, 3.8) is 0 Å². The predicted octanol–water partition coefficient (Wildman–Crippen LogP) is 3.11.